The fourth-order valence-electron chi connectivity index (χ4n) is 2.59. The summed E-state index contributed by atoms with van der Waals surface area (Å²) >= 11 is 1.70. The maximum absolute atomic E-state index is 4.86. The summed E-state index contributed by atoms with van der Waals surface area (Å²) in [4.78, 5) is 9.32. The third kappa shape index (κ3) is 3.70. The highest BCUT2D eigenvalue weighted by Crippen LogP contribution is 2.35. The molecule has 2 heterocycles. The Labute approximate surface area is 152 Å². The number of hydrogen-bond acceptors (Lipinski definition) is 3. The highest BCUT2D eigenvalue weighted by molar-refractivity contribution is 8.93. The zero-order chi connectivity index (χ0) is 15.7. The Bertz CT molecular complexity index is 791. The average molecular weight is 389 g/mol. The molecule has 0 aliphatic carbocycles. The van der Waals surface area contributed by atoms with Crippen LogP contribution in [0.25, 0.3) is 21.8 Å². The number of thiazole rings is 1. The molecule has 0 atom stereocenters. The van der Waals surface area contributed by atoms with E-state index in [4.69, 9.17) is 4.98 Å². The maximum Gasteiger partial charge on any atom is 0.126 e. The van der Waals surface area contributed by atoms with Gasteiger partial charge in [-0.15, -0.1) is 28.3 Å². The Hall–Kier alpha value is -1.52. The normalized spacial score (nSPS) is 10.7. The van der Waals surface area contributed by atoms with Crippen molar-refractivity contribution in [3.05, 3.63) is 58.7 Å². The third-order valence-electron chi connectivity index (χ3n) is 3.86. The van der Waals surface area contributed by atoms with E-state index in [2.05, 4.69) is 68.4 Å². The highest BCUT2D eigenvalue weighted by atomic mass is 79.9. The summed E-state index contributed by atoms with van der Waals surface area (Å²) in [6.45, 7) is 8.60. The molecule has 0 aliphatic rings. The van der Waals surface area contributed by atoms with Gasteiger partial charge in [0.2, 0.25) is 0 Å². The van der Waals surface area contributed by atoms with Crippen LogP contribution < -0.4 is 0 Å². The van der Waals surface area contributed by atoms with Crippen LogP contribution in [0.3, 0.4) is 0 Å². The minimum Gasteiger partial charge on any atom is -0.261 e. The van der Waals surface area contributed by atoms with Crippen molar-refractivity contribution in [2.45, 2.75) is 33.6 Å². The van der Waals surface area contributed by atoms with Crippen molar-refractivity contribution in [2.24, 2.45) is 0 Å². The van der Waals surface area contributed by atoms with Gasteiger partial charge in [0.15, 0.2) is 0 Å². The standard InChI is InChI=1S/C19H20N2S.BrH/c1-12(2)16-9-10-20-14(4)18(16)19-21-17(11-22-19)15-7-5-13(3)6-8-15;/h5-12H,1-4H3;1H. The number of aromatic nitrogens is 2. The number of halogens is 1. The molecule has 0 aliphatic heterocycles. The Morgan fingerprint density at radius 2 is 1.70 bits per heavy atom. The zero-order valence-corrected chi connectivity index (χ0v) is 16.4. The van der Waals surface area contributed by atoms with Gasteiger partial charge in [-0.2, -0.15) is 0 Å². The number of aryl methyl sites for hydroxylation is 2. The molecular weight excluding hydrogens is 368 g/mol. The molecule has 0 spiro atoms. The molecule has 0 bridgehead atoms. The second-order valence-electron chi connectivity index (χ2n) is 5.92. The summed E-state index contributed by atoms with van der Waals surface area (Å²) in [6, 6.07) is 10.6. The van der Waals surface area contributed by atoms with Crippen molar-refractivity contribution in [2.75, 3.05) is 0 Å². The molecule has 4 heteroatoms. The van der Waals surface area contributed by atoms with Crippen molar-refractivity contribution in [3.8, 4) is 21.8 Å². The van der Waals surface area contributed by atoms with E-state index in [0.29, 0.717) is 5.92 Å². The van der Waals surface area contributed by atoms with Gasteiger partial charge in [0.05, 0.1) is 5.69 Å². The minimum absolute atomic E-state index is 0. The van der Waals surface area contributed by atoms with Gasteiger partial charge in [0.1, 0.15) is 5.01 Å². The van der Waals surface area contributed by atoms with E-state index >= 15 is 0 Å². The van der Waals surface area contributed by atoms with Crippen molar-refractivity contribution in [3.63, 3.8) is 0 Å². The van der Waals surface area contributed by atoms with Gasteiger partial charge in [-0.25, -0.2) is 4.98 Å². The summed E-state index contributed by atoms with van der Waals surface area (Å²) in [6.07, 6.45) is 1.89. The number of rotatable bonds is 3. The van der Waals surface area contributed by atoms with Crippen molar-refractivity contribution < 1.29 is 0 Å². The molecule has 0 saturated heterocycles. The smallest absolute Gasteiger partial charge is 0.126 e. The number of nitrogens with zero attached hydrogens (tertiary/aromatic N) is 2. The molecule has 0 fully saturated rings. The van der Waals surface area contributed by atoms with Crippen LogP contribution in [0.15, 0.2) is 41.9 Å². The SMILES string of the molecule is Br.Cc1ccc(-c2csc(-c3c(C(C)C)ccnc3C)n2)cc1. The third-order valence-corrected chi connectivity index (χ3v) is 4.72. The summed E-state index contributed by atoms with van der Waals surface area (Å²) < 4.78 is 0. The van der Waals surface area contributed by atoms with Crippen LogP contribution in [0.5, 0.6) is 0 Å². The first-order chi connectivity index (χ1) is 10.6. The van der Waals surface area contributed by atoms with E-state index in [1.54, 1.807) is 11.3 Å². The lowest BCUT2D eigenvalue weighted by Gasteiger charge is -2.12. The Morgan fingerprint density at radius 3 is 2.35 bits per heavy atom. The molecule has 0 radical (unpaired) electrons. The lowest BCUT2D eigenvalue weighted by molar-refractivity contribution is 0.862. The molecule has 120 valence electrons. The van der Waals surface area contributed by atoms with Gasteiger partial charge < -0.3 is 0 Å². The van der Waals surface area contributed by atoms with E-state index in [1.165, 1.54) is 22.3 Å². The number of hydrogen-bond donors (Lipinski definition) is 0. The maximum atomic E-state index is 4.86. The van der Waals surface area contributed by atoms with Gasteiger partial charge in [-0.1, -0.05) is 43.7 Å². The molecule has 0 saturated carbocycles. The summed E-state index contributed by atoms with van der Waals surface area (Å²) in [5.74, 6) is 0.462. The largest absolute Gasteiger partial charge is 0.261 e. The zero-order valence-electron chi connectivity index (χ0n) is 13.8. The number of pyridine rings is 1. The van der Waals surface area contributed by atoms with Crippen LogP contribution in [0, 0.1) is 13.8 Å². The van der Waals surface area contributed by atoms with E-state index in [-0.39, 0.29) is 17.0 Å². The van der Waals surface area contributed by atoms with Crippen LogP contribution in [-0.4, -0.2) is 9.97 Å². The van der Waals surface area contributed by atoms with Crippen LogP contribution >= 0.6 is 28.3 Å². The van der Waals surface area contributed by atoms with Gasteiger partial charge in [0.25, 0.3) is 0 Å². The second-order valence-corrected chi connectivity index (χ2v) is 6.78. The summed E-state index contributed by atoms with van der Waals surface area (Å²) in [5.41, 5.74) is 7.04. The van der Waals surface area contributed by atoms with Crippen LogP contribution in [0.4, 0.5) is 0 Å². The van der Waals surface area contributed by atoms with Crippen LogP contribution in [-0.2, 0) is 0 Å². The van der Waals surface area contributed by atoms with Gasteiger partial charge in [-0.3, -0.25) is 4.98 Å². The quantitative estimate of drug-likeness (QED) is 0.534. The van der Waals surface area contributed by atoms with Crippen LogP contribution in [0.2, 0.25) is 0 Å². The highest BCUT2D eigenvalue weighted by Gasteiger charge is 2.15. The predicted molar refractivity (Wildman–Crippen MR) is 105 cm³/mol. The Morgan fingerprint density at radius 1 is 1.00 bits per heavy atom. The number of benzene rings is 1. The lowest BCUT2D eigenvalue weighted by Crippen LogP contribution is -1.97. The first kappa shape index (κ1) is 17.8. The summed E-state index contributed by atoms with van der Waals surface area (Å²) in [5, 5.41) is 3.20. The van der Waals surface area contributed by atoms with E-state index < -0.39 is 0 Å². The first-order valence-electron chi connectivity index (χ1n) is 7.54. The van der Waals surface area contributed by atoms with Crippen molar-refractivity contribution in [1.82, 2.24) is 9.97 Å². The monoisotopic (exact) mass is 388 g/mol. The molecule has 0 amide bonds. The fourth-order valence-corrected chi connectivity index (χ4v) is 3.54. The average Bonchev–Trinajstić information content (AvgIpc) is 2.97. The van der Waals surface area contributed by atoms with E-state index in [1.807, 2.05) is 6.20 Å². The molecule has 2 aromatic heterocycles. The molecule has 0 N–H and O–H groups in total. The van der Waals surface area contributed by atoms with Crippen LogP contribution in [0.1, 0.15) is 36.6 Å². The topological polar surface area (TPSA) is 25.8 Å². The van der Waals surface area contributed by atoms with Gasteiger partial charge >= 0.3 is 0 Å². The summed E-state index contributed by atoms with van der Waals surface area (Å²) in [7, 11) is 0. The molecule has 1 aromatic carbocycles. The minimum atomic E-state index is 0. The molecule has 3 aromatic rings. The van der Waals surface area contributed by atoms with Crippen molar-refractivity contribution in [1.29, 1.82) is 0 Å². The molecule has 3 rings (SSSR count). The Kier molecular flexibility index (Phi) is 5.71. The van der Waals surface area contributed by atoms with E-state index in [0.717, 1.165) is 16.4 Å². The van der Waals surface area contributed by atoms with Gasteiger partial charge in [-0.05, 0) is 31.4 Å². The molecule has 0 unspecified atom stereocenters. The lowest BCUT2D eigenvalue weighted by atomic mass is 9.97. The van der Waals surface area contributed by atoms with E-state index in [9.17, 15) is 0 Å². The fraction of sp³-hybridized carbons (Fsp3) is 0.263. The Balaban J connectivity index is 0.00000192. The molecule has 23 heavy (non-hydrogen) atoms. The molecule has 2 nitrogen and oxygen atoms in total. The van der Waals surface area contributed by atoms with Gasteiger partial charge in [0, 0.05) is 28.4 Å². The molecular formula is C19H21BrN2S. The second kappa shape index (κ2) is 7.37. The first-order valence-corrected chi connectivity index (χ1v) is 8.42. The van der Waals surface area contributed by atoms with Crippen molar-refractivity contribution >= 4 is 28.3 Å². The predicted octanol–water partition coefficient (Wildman–Crippen LogP) is 6.19.